The van der Waals surface area contributed by atoms with Crippen molar-refractivity contribution in [1.29, 1.82) is 0 Å². The summed E-state index contributed by atoms with van der Waals surface area (Å²) in [6.45, 7) is 3.88. The normalized spacial score (nSPS) is 18.8. The van der Waals surface area contributed by atoms with Crippen LogP contribution in [0.25, 0.3) is 0 Å². The van der Waals surface area contributed by atoms with E-state index in [1.165, 1.54) is 0 Å². The molecular formula is C26H23Cl3N2O3. The smallest absolute Gasteiger partial charge is 0.214 e. The Bertz CT molecular complexity index is 1260. The number of nitrogens with zero attached hydrogens (tertiary/aromatic N) is 2. The van der Waals surface area contributed by atoms with Gasteiger partial charge in [-0.2, -0.15) is 5.10 Å². The zero-order chi connectivity index (χ0) is 24.0. The Morgan fingerprint density at radius 2 is 1.74 bits per heavy atom. The fourth-order valence-electron chi connectivity index (χ4n) is 4.33. The molecule has 34 heavy (non-hydrogen) atoms. The van der Waals surface area contributed by atoms with E-state index in [4.69, 9.17) is 54.1 Å². The molecule has 2 aliphatic heterocycles. The molecule has 2 heterocycles. The van der Waals surface area contributed by atoms with Gasteiger partial charge in [0.2, 0.25) is 6.23 Å². The highest BCUT2D eigenvalue weighted by Gasteiger charge is 2.41. The molecule has 0 bridgehead atoms. The number of hydrogen-bond acceptors (Lipinski definition) is 5. The van der Waals surface area contributed by atoms with Crippen molar-refractivity contribution in [3.05, 3.63) is 86.4 Å². The van der Waals surface area contributed by atoms with Crippen LogP contribution in [-0.4, -0.2) is 23.9 Å². The fourth-order valence-corrected chi connectivity index (χ4v) is 4.90. The van der Waals surface area contributed by atoms with Crippen LogP contribution in [0.2, 0.25) is 15.1 Å². The van der Waals surface area contributed by atoms with Crippen molar-refractivity contribution < 1.29 is 14.2 Å². The van der Waals surface area contributed by atoms with E-state index in [1.807, 2.05) is 73.5 Å². The highest BCUT2D eigenvalue weighted by Crippen LogP contribution is 2.50. The third kappa shape index (κ3) is 4.28. The summed E-state index contributed by atoms with van der Waals surface area (Å²) in [4.78, 5) is 0. The number of methoxy groups -OCH3 is 1. The predicted octanol–water partition coefficient (Wildman–Crippen LogP) is 7.68. The molecule has 3 aromatic carbocycles. The van der Waals surface area contributed by atoms with Crippen molar-refractivity contribution in [3.63, 3.8) is 0 Å². The van der Waals surface area contributed by atoms with Crippen molar-refractivity contribution in [3.8, 4) is 17.2 Å². The lowest BCUT2D eigenvalue weighted by atomic mass is 9.96. The maximum Gasteiger partial charge on any atom is 0.214 e. The van der Waals surface area contributed by atoms with E-state index < -0.39 is 6.23 Å². The lowest BCUT2D eigenvalue weighted by Gasteiger charge is -2.38. The first-order valence-corrected chi connectivity index (χ1v) is 12.1. The quantitative estimate of drug-likeness (QED) is 0.348. The number of hydrogen-bond donors (Lipinski definition) is 0. The molecule has 0 radical (unpaired) electrons. The molecule has 176 valence electrons. The van der Waals surface area contributed by atoms with Crippen LogP contribution >= 0.6 is 34.8 Å². The minimum absolute atomic E-state index is 0.0468. The van der Waals surface area contributed by atoms with Gasteiger partial charge in [0.25, 0.3) is 0 Å². The zero-order valence-electron chi connectivity index (χ0n) is 18.9. The largest absolute Gasteiger partial charge is 0.493 e. The molecule has 0 aromatic heterocycles. The second-order valence-corrected chi connectivity index (χ2v) is 9.79. The summed E-state index contributed by atoms with van der Waals surface area (Å²) in [7, 11) is 1.59. The molecule has 0 aliphatic carbocycles. The predicted molar refractivity (Wildman–Crippen MR) is 136 cm³/mol. The summed E-state index contributed by atoms with van der Waals surface area (Å²) in [5.41, 5.74) is 3.76. The summed E-state index contributed by atoms with van der Waals surface area (Å²) in [6, 6.07) is 17.1. The van der Waals surface area contributed by atoms with Gasteiger partial charge in [-0.25, -0.2) is 5.01 Å². The van der Waals surface area contributed by atoms with Crippen LogP contribution in [-0.2, 0) is 0 Å². The van der Waals surface area contributed by atoms with Gasteiger partial charge in [0.1, 0.15) is 5.75 Å². The third-order valence-corrected chi connectivity index (χ3v) is 6.59. The molecule has 0 N–H and O–H groups in total. The van der Waals surface area contributed by atoms with E-state index in [-0.39, 0.29) is 12.1 Å². The van der Waals surface area contributed by atoms with Gasteiger partial charge in [-0.15, -0.1) is 0 Å². The zero-order valence-corrected chi connectivity index (χ0v) is 21.2. The maximum absolute atomic E-state index is 6.64. The number of benzene rings is 3. The van der Waals surface area contributed by atoms with E-state index in [1.54, 1.807) is 7.11 Å². The summed E-state index contributed by atoms with van der Waals surface area (Å²) in [5.74, 6) is 1.81. The van der Waals surface area contributed by atoms with Gasteiger partial charge in [-0.3, -0.25) is 0 Å². The van der Waals surface area contributed by atoms with E-state index in [0.29, 0.717) is 33.0 Å². The molecule has 5 rings (SSSR count). The molecule has 3 aromatic rings. The van der Waals surface area contributed by atoms with E-state index in [9.17, 15) is 0 Å². The van der Waals surface area contributed by atoms with Crippen molar-refractivity contribution >= 4 is 40.5 Å². The second kappa shape index (κ2) is 9.21. The lowest BCUT2D eigenvalue weighted by molar-refractivity contribution is -0.0191. The first-order valence-electron chi connectivity index (χ1n) is 11.0. The Morgan fingerprint density at radius 1 is 1.00 bits per heavy atom. The molecule has 2 atom stereocenters. The average Bonchev–Trinajstić information content (AvgIpc) is 3.26. The minimum Gasteiger partial charge on any atom is -0.493 e. The van der Waals surface area contributed by atoms with Crippen molar-refractivity contribution in [1.82, 2.24) is 5.01 Å². The molecule has 0 unspecified atom stereocenters. The molecule has 0 saturated heterocycles. The monoisotopic (exact) mass is 516 g/mol. The first kappa shape index (κ1) is 23.2. The number of ether oxygens (including phenoxy) is 3. The Hall–Kier alpha value is -2.60. The topological polar surface area (TPSA) is 43.3 Å². The first-order chi connectivity index (χ1) is 16.3. The van der Waals surface area contributed by atoms with E-state index >= 15 is 0 Å². The van der Waals surface area contributed by atoms with Gasteiger partial charge in [-0.05, 0) is 61.9 Å². The molecule has 5 nitrogen and oxygen atoms in total. The van der Waals surface area contributed by atoms with E-state index in [0.717, 1.165) is 28.2 Å². The lowest BCUT2D eigenvalue weighted by Crippen LogP contribution is -2.33. The van der Waals surface area contributed by atoms with Crippen LogP contribution in [0.3, 0.4) is 0 Å². The molecule has 0 saturated carbocycles. The standard InChI is InChI=1S/C26H23Cl3N2O3/c1-14(2)33-25-20(29)10-16(11-24(25)32-3)26-31-22(19-12-18(28)8-9-23(19)34-26)13-21(30-31)15-4-6-17(27)7-5-15/h4-12,14,22,26H,13H2,1-3H3/t22-,26+/m0/s1. The van der Waals surface area contributed by atoms with Gasteiger partial charge in [0.15, 0.2) is 11.5 Å². The molecule has 8 heteroatoms. The van der Waals surface area contributed by atoms with Crippen LogP contribution in [0, 0.1) is 0 Å². The van der Waals surface area contributed by atoms with Gasteiger partial charge >= 0.3 is 0 Å². The molecule has 2 aliphatic rings. The van der Waals surface area contributed by atoms with Gasteiger partial charge < -0.3 is 14.2 Å². The highest BCUT2D eigenvalue weighted by molar-refractivity contribution is 6.32. The summed E-state index contributed by atoms with van der Waals surface area (Å²) in [5, 5.41) is 8.73. The van der Waals surface area contributed by atoms with Crippen LogP contribution in [0.1, 0.15) is 49.2 Å². The maximum atomic E-state index is 6.64. The van der Waals surface area contributed by atoms with Crippen LogP contribution < -0.4 is 14.2 Å². The van der Waals surface area contributed by atoms with Crippen LogP contribution in [0.4, 0.5) is 0 Å². The minimum atomic E-state index is -0.511. The average molecular weight is 518 g/mol. The third-order valence-electron chi connectivity index (χ3n) is 5.82. The van der Waals surface area contributed by atoms with Gasteiger partial charge in [0, 0.05) is 27.6 Å². The number of halogens is 3. The molecule has 0 fully saturated rings. The molecular weight excluding hydrogens is 495 g/mol. The summed E-state index contributed by atoms with van der Waals surface area (Å²) >= 11 is 19.1. The van der Waals surface area contributed by atoms with Gasteiger partial charge in [0.05, 0.1) is 30.0 Å². The van der Waals surface area contributed by atoms with Crippen LogP contribution in [0.5, 0.6) is 17.2 Å². The summed E-state index contributed by atoms with van der Waals surface area (Å²) in [6.07, 6.45) is 0.145. The molecule has 0 spiro atoms. The van der Waals surface area contributed by atoms with Crippen molar-refractivity contribution in [2.45, 2.75) is 38.6 Å². The Morgan fingerprint density at radius 3 is 2.44 bits per heavy atom. The van der Waals surface area contributed by atoms with Gasteiger partial charge in [-0.1, -0.05) is 46.9 Å². The Labute approximate surface area is 213 Å². The highest BCUT2D eigenvalue weighted by atomic mass is 35.5. The molecule has 0 amide bonds. The van der Waals surface area contributed by atoms with E-state index in [2.05, 4.69) is 0 Å². The Balaban J connectivity index is 1.60. The second-order valence-electron chi connectivity index (χ2n) is 8.51. The van der Waals surface area contributed by atoms with Crippen LogP contribution in [0.15, 0.2) is 59.7 Å². The summed E-state index contributed by atoms with van der Waals surface area (Å²) < 4.78 is 17.9. The fraction of sp³-hybridized carbons (Fsp3) is 0.269. The SMILES string of the molecule is COc1cc([C@H]2Oc3ccc(Cl)cc3[C@@H]3CC(c4ccc(Cl)cc4)=NN23)cc(Cl)c1OC(C)C. The Kier molecular flexibility index (Phi) is 6.28. The van der Waals surface area contributed by atoms with Crippen molar-refractivity contribution in [2.75, 3.05) is 7.11 Å². The number of fused-ring (bicyclic) bond motifs is 3. The number of hydrazone groups is 1. The number of rotatable bonds is 5. The van der Waals surface area contributed by atoms with Crippen molar-refractivity contribution in [2.24, 2.45) is 5.10 Å².